The van der Waals surface area contributed by atoms with Crippen molar-refractivity contribution in [3.05, 3.63) is 95.1 Å². The minimum atomic E-state index is -0.252. The van der Waals surface area contributed by atoms with Crippen LogP contribution in [0, 0.1) is 0 Å². The molecule has 0 fully saturated rings. The number of hydrogen-bond donors (Lipinski definition) is 2. The molecular formula is C27H27N3O3. The third kappa shape index (κ3) is 4.95. The largest absolute Gasteiger partial charge is 0.346 e. The van der Waals surface area contributed by atoms with Crippen LogP contribution in [0.3, 0.4) is 0 Å². The van der Waals surface area contributed by atoms with Crippen molar-refractivity contribution in [3.8, 4) is 0 Å². The van der Waals surface area contributed by atoms with E-state index in [1.165, 1.54) is 0 Å². The second-order valence-corrected chi connectivity index (χ2v) is 8.13. The molecular weight excluding hydrogens is 414 g/mol. The molecule has 33 heavy (non-hydrogen) atoms. The number of anilines is 2. The summed E-state index contributed by atoms with van der Waals surface area (Å²) in [5.74, 6) is -0.263. The van der Waals surface area contributed by atoms with Gasteiger partial charge in [-0.3, -0.25) is 14.4 Å². The highest BCUT2D eigenvalue weighted by atomic mass is 16.2. The molecule has 1 atom stereocenters. The standard InChI is InChI=1S/C27H27N3O3/c1-3-25(31)30-15-14-21-16-22(12-13-24(21)30)27(33)28-18(2)20-10-7-11-23(17-20)29-26(32)19-8-5-4-6-9-19/h4-13,16-18H,3,14-15H2,1-2H3,(H,28,33)(H,29,32). The lowest BCUT2D eigenvalue weighted by atomic mass is 10.0. The summed E-state index contributed by atoms with van der Waals surface area (Å²) < 4.78 is 0. The average Bonchev–Trinajstić information content (AvgIpc) is 3.27. The highest BCUT2D eigenvalue weighted by molar-refractivity contribution is 6.04. The maximum absolute atomic E-state index is 12.9. The highest BCUT2D eigenvalue weighted by Crippen LogP contribution is 2.29. The van der Waals surface area contributed by atoms with Crippen LogP contribution in [0.1, 0.15) is 58.2 Å². The molecule has 1 aliphatic heterocycles. The molecule has 3 amide bonds. The van der Waals surface area contributed by atoms with Crippen LogP contribution >= 0.6 is 0 Å². The predicted molar refractivity (Wildman–Crippen MR) is 130 cm³/mol. The summed E-state index contributed by atoms with van der Waals surface area (Å²) in [4.78, 5) is 39.2. The Morgan fingerprint density at radius 3 is 2.45 bits per heavy atom. The van der Waals surface area contributed by atoms with E-state index in [1.54, 1.807) is 23.1 Å². The summed E-state index contributed by atoms with van der Waals surface area (Å²) in [5.41, 5.74) is 4.62. The first kappa shape index (κ1) is 22.3. The zero-order chi connectivity index (χ0) is 23.4. The van der Waals surface area contributed by atoms with Gasteiger partial charge in [0.1, 0.15) is 0 Å². The molecule has 168 valence electrons. The fourth-order valence-corrected chi connectivity index (χ4v) is 4.03. The molecule has 0 radical (unpaired) electrons. The number of fused-ring (bicyclic) bond motifs is 1. The van der Waals surface area contributed by atoms with Crippen LogP contribution in [0.15, 0.2) is 72.8 Å². The topological polar surface area (TPSA) is 78.5 Å². The maximum atomic E-state index is 12.9. The van der Waals surface area contributed by atoms with E-state index in [0.717, 1.165) is 23.2 Å². The minimum Gasteiger partial charge on any atom is -0.346 e. The van der Waals surface area contributed by atoms with Gasteiger partial charge in [0, 0.05) is 35.5 Å². The van der Waals surface area contributed by atoms with E-state index in [-0.39, 0.29) is 23.8 Å². The lowest BCUT2D eigenvalue weighted by molar-refractivity contribution is -0.118. The van der Waals surface area contributed by atoms with E-state index >= 15 is 0 Å². The van der Waals surface area contributed by atoms with Crippen LogP contribution in [0.4, 0.5) is 11.4 Å². The van der Waals surface area contributed by atoms with E-state index in [0.29, 0.717) is 29.8 Å². The summed E-state index contributed by atoms with van der Waals surface area (Å²) in [7, 11) is 0. The Morgan fingerprint density at radius 1 is 0.909 bits per heavy atom. The van der Waals surface area contributed by atoms with Crippen molar-refractivity contribution in [2.24, 2.45) is 0 Å². The Kier molecular flexibility index (Phi) is 6.54. The second kappa shape index (κ2) is 9.69. The van der Waals surface area contributed by atoms with Crippen molar-refractivity contribution in [2.75, 3.05) is 16.8 Å². The van der Waals surface area contributed by atoms with E-state index < -0.39 is 0 Å². The van der Waals surface area contributed by atoms with Crippen molar-refractivity contribution in [3.63, 3.8) is 0 Å². The molecule has 6 heteroatoms. The van der Waals surface area contributed by atoms with Gasteiger partial charge in [0.15, 0.2) is 0 Å². The average molecular weight is 442 g/mol. The van der Waals surface area contributed by atoms with Crippen LogP contribution in [-0.2, 0) is 11.2 Å². The molecule has 3 aromatic rings. The van der Waals surface area contributed by atoms with Crippen LogP contribution in [0.2, 0.25) is 0 Å². The third-order valence-corrected chi connectivity index (χ3v) is 5.87. The molecule has 0 saturated heterocycles. The molecule has 1 heterocycles. The normalized spacial score (nSPS) is 13.2. The van der Waals surface area contributed by atoms with Crippen molar-refractivity contribution in [2.45, 2.75) is 32.7 Å². The predicted octanol–water partition coefficient (Wildman–Crippen LogP) is 4.73. The fraction of sp³-hybridized carbons (Fsp3) is 0.222. The highest BCUT2D eigenvalue weighted by Gasteiger charge is 2.24. The van der Waals surface area contributed by atoms with Gasteiger partial charge < -0.3 is 15.5 Å². The summed E-state index contributed by atoms with van der Waals surface area (Å²) in [6.45, 7) is 4.42. The maximum Gasteiger partial charge on any atom is 0.255 e. The molecule has 3 aromatic carbocycles. The quantitative estimate of drug-likeness (QED) is 0.581. The molecule has 0 spiro atoms. The molecule has 1 unspecified atom stereocenters. The molecule has 1 aliphatic rings. The minimum absolute atomic E-state index is 0.0961. The summed E-state index contributed by atoms with van der Waals surface area (Å²) in [5, 5.41) is 5.93. The first-order chi connectivity index (χ1) is 16.0. The summed E-state index contributed by atoms with van der Waals surface area (Å²) >= 11 is 0. The van der Waals surface area contributed by atoms with Crippen molar-refractivity contribution in [1.82, 2.24) is 5.32 Å². The van der Waals surface area contributed by atoms with Crippen LogP contribution in [0.25, 0.3) is 0 Å². The summed E-state index contributed by atoms with van der Waals surface area (Å²) in [6.07, 6.45) is 1.21. The number of amides is 3. The van der Waals surface area contributed by atoms with E-state index in [4.69, 9.17) is 0 Å². The van der Waals surface area contributed by atoms with Gasteiger partial charge in [0.05, 0.1) is 6.04 Å². The zero-order valence-corrected chi connectivity index (χ0v) is 18.8. The third-order valence-electron chi connectivity index (χ3n) is 5.87. The van der Waals surface area contributed by atoms with Crippen molar-refractivity contribution < 1.29 is 14.4 Å². The Morgan fingerprint density at radius 2 is 1.70 bits per heavy atom. The van der Waals surface area contributed by atoms with Gasteiger partial charge in [-0.2, -0.15) is 0 Å². The Bertz CT molecular complexity index is 1190. The van der Waals surface area contributed by atoms with E-state index in [2.05, 4.69) is 10.6 Å². The van der Waals surface area contributed by atoms with Crippen LogP contribution < -0.4 is 15.5 Å². The number of rotatable bonds is 6. The van der Waals surface area contributed by atoms with Crippen LogP contribution in [-0.4, -0.2) is 24.3 Å². The molecule has 0 aromatic heterocycles. The van der Waals surface area contributed by atoms with Crippen LogP contribution in [0.5, 0.6) is 0 Å². The van der Waals surface area contributed by atoms with Gasteiger partial charge in [-0.25, -0.2) is 0 Å². The molecule has 2 N–H and O–H groups in total. The molecule has 0 bridgehead atoms. The molecule has 0 saturated carbocycles. The number of hydrogen-bond acceptors (Lipinski definition) is 3. The zero-order valence-electron chi connectivity index (χ0n) is 18.8. The number of nitrogens with zero attached hydrogens (tertiary/aromatic N) is 1. The Labute approximate surface area is 193 Å². The van der Waals surface area contributed by atoms with E-state index in [9.17, 15) is 14.4 Å². The van der Waals surface area contributed by atoms with Gasteiger partial charge >= 0.3 is 0 Å². The van der Waals surface area contributed by atoms with E-state index in [1.807, 2.05) is 68.4 Å². The molecule has 0 aliphatic carbocycles. The first-order valence-corrected chi connectivity index (χ1v) is 11.2. The van der Waals surface area contributed by atoms with Gasteiger partial charge in [0.25, 0.3) is 11.8 Å². The Balaban J connectivity index is 1.43. The molecule has 6 nitrogen and oxygen atoms in total. The SMILES string of the molecule is CCC(=O)N1CCc2cc(C(=O)NC(C)c3cccc(NC(=O)c4ccccc4)c3)ccc21. The number of carbonyl (C=O) groups excluding carboxylic acids is 3. The van der Waals surface area contributed by atoms with Gasteiger partial charge in [0.2, 0.25) is 5.91 Å². The molecule has 4 rings (SSSR count). The van der Waals surface area contributed by atoms with Crippen molar-refractivity contribution >= 4 is 29.1 Å². The number of nitrogens with one attached hydrogen (secondary N) is 2. The number of benzene rings is 3. The fourth-order valence-electron chi connectivity index (χ4n) is 4.03. The second-order valence-electron chi connectivity index (χ2n) is 8.13. The summed E-state index contributed by atoms with van der Waals surface area (Å²) in [6, 6.07) is 21.7. The monoisotopic (exact) mass is 441 g/mol. The number of carbonyl (C=O) groups is 3. The smallest absolute Gasteiger partial charge is 0.255 e. The van der Waals surface area contributed by atoms with Gasteiger partial charge in [-0.05, 0) is 66.9 Å². The van der Waals surface area contributed by atoms with Gasteiger partial charge in [-0.1, -0.05) is 37.3 Å². The lowest BCUT2D eigenvalue weighted by Gasteiger charge is -2.18. The first-order valence-electron chi connectivity index (χ1n) is 11.2. The lowest BCUT2D eigenvalue weighted by Crippen LogP contribution is -2.28. The van der Waals surface area contributed by atoms with Gasteiger partial charge in [-0.15, -0.1) is 0 Å². The Hall–Kier alpha value is -3.93. The van der Waals surface area contributed by atoms with Crippen molar-refractivity contribution in [1.29, 1.82) is 0 Å².